The Morgan fingerprint density at radius 3 is 2.93 bits per heavy atom. The highest BCUT2D eigenvalue weighted by Crippen LogP contribution is 2.06. The quantitative estimate of drug-likeness (QED) is 0.786. The van der Waals surface area contributed by atoms with Crippen LogP contribution in [0.15, 0.2) is 35.3 Å². The highest BCUT2D eigenvalue weighted by atomic mass is 16.3. The predicted molar refractivity (Wildman–Crippen MR) is 57.7 cm³/mol. The minimum Gasteiger partial charge on any atom is -0.391 e. The van der Waals surface area contributed by atoms with E-state index >= 15 is 0 Å². The smallest absolute Gasteiger partial charge is 0.274 e. The Balaban J connectivity index is 2.60. The van der Waals surface area contributed by atoms with E-state index in [0.717, 1.165) is 5.39 Å². The Bertz CT molecular complexity index is 531. The number of hydrogen-bond donors (Lipinski definition) is 1. The molecule has 0 fully saturated rings. The lowest BCUT2D eigenvalue weighted by molar-refractivity contribution is 0.166. The third kappa shape index (κ3) is 1.89. The molecule has 4 nitrogen and oxygen atoms in total. The Kier molecular flexibility index (Phi) is 2.51. The zero-order valence-corrected chi connectivity index (χ0v) is 8.42. The molecule has 0 aliphatic heterocycles. The van der Waals surface area contributed by atoms with E-state index in [4.69, 9.17) is 0 Å². The van der Waals surface area contributed by atoms with Gasteiger partial charge in [-0.05, 0) is 13.0 Å². The third-order valence-electron chi connectivity index (χ3n) is 2.20. The molecule has 2 aromatic rings. The van der Waals surface area contributed by atoms with E-state index in [9.17, 15) is 9.90 Å². The first-order valence-corrected chi connectivity index (χ1v) is 4.81. The molecule has 1 N–H and O–H groups in total. The fourth-order valence-corrected chi connectivity index (χ4v) is 1.51. The van der Waals surface area contributed by atoms with Crippen LogP contribution in [0.2, 0.25) is 0 Å². The van der Waals surface area contributed by atoms with Crippen LogP contribution >= 0.6 is 0 Å². The molecular formula is C11H12N2O2. The van der Waals surface area contributed by atoms with Crippen molar-refractivity contribution in [1.29, 1.82) is 0 Å². The maximum absolute atomic E-state index is 11.9. The van der Waals surface area contributed by atoms with Crippen LogP contribution in [0.25, 0.3) is 10.8 Å². The van der Waals surface area contributed by atoms with Gasteiger partial charge in [0.1, 0.15) is 0 Å². The summed E-state index contributed by atoms with van der Waals surface area (Å²) in [4.78, 5) is 11.9. The summed E-state index contributed by atoms with van der Waals surface area (Å²) in [5.41, 5.74) is -0.158. The summed E-state index contributed by atoms with van der Waals surface area (Å²) in [5, 5.41) is 14.6. The van der Waals surface area contributed by atoms with Gasteiger partial charge in [-0.1, -0.05) is 18.2 Å². The first-order valence-electron chi connectivity index (χ1n) is 4.81. The van der Waals surface area contributed by atoms with E-state index < -0.39 is 6.10 Å². The fraction of sp³-hybridized carbons (Fsp3) is 0.273. The molecule has 0 saturated carbocycles. The van der Waals surface area contributed by atoms with Crippen molar-refractivity contribution in [3.63, 3.8) is 0 Å². The summed E-state index contributed by atoms with van der Waals surface area (Å²) in [5.74, 6) is 0. The van der Waals surface area contributed by atoms with Crippen LogP contribution in [0.3, 0.4) is 0 Å². The average molecular weight is 204 g/mol. The zero-order chi connectivity index (χ0) is 10.8. The van der Waals surface area contributed by atoms with Crippen molar-refractivity contribution in [3.05, 3.63) is 40.8 Å². The van der Waals surface area contributed by atoms with Crippen LogP contribution in [-0.4, -0.2) is 21.0 Å². The van der Waals surface area contributed by atoms with Crippen molar-refractivity contribution in [3.8, 4) is 0 Å². The topological polar surface area (TPSA) is 55.1 Å². The molecule has 0 aliphatic rings. The molecular weight excluding hydrogens is 192 g/mol. The summed E-state index contributed by atoms with van der Waals surface area (Å²) in [6.45, 7) is 1.85. The van der Waals surface area contributed by atoms with Gasteiger partial charge >= 0.3 is 0 Å². The van der Waals surface area contributed by atoms with Crippen LogP contribution in [0.5, 0.6) is 0 Å². The number of nitrogens with zero attached hydrogens (tertiary/aromatic N) is 2. The second-order valence-corrected chi connectivity index (χ2v) is 3.57. The van der Waals surface area contributed by atoms with Gasteiger partial charge in [0.25, 0.3) is 5.56 Å². The van der Waals surface area contributed by atoms with Gasteiger partial charge in [0.15, 0.2) is 0 Å². The van der Waals surface area contributed by atoms with E-state index in [1.807, 2.05) is 18.2 Å². The van der Waals surface area contributed by atoms with E-state index in [-0.39, 0.29) is 12.1 Å². The van der Waals surface area contributed by atoms with E-state index in [0.29, 0.717) is 5.39 Å². The predicted octanol–water partition coefficient (Wildman–Crippen LogP) is 0.777. The van der Waals surface area contributed by atoms with Gasteiger partial charge in [-0.2, -0.15) is 5.10 Å². The monoisotopic (exact) mass is 204 g/mol. The SMILES string of the molecule is C[C@H](O)Cn1ncc2ccccc2c1=O. The van der Waals surface area contributed by atoms with E-state index in [1.165, 1.54) is 4.68 Å². The molecule has 2 rings (SSSR count). The summed E-state index contributed by atoms with van der Waals surface area (Å²) < 4.78 is 1.28. The lowest BCUT2D eigenvalue weighted by Crippen LogP contribution is -2.27. The molecule has 4 heteroatoms. The second-order valence-electron chi connectivity index (χ2n) is 3.57. The van der Waals surface area contributed by atoms with Crippen molar-refractivity contribution in [2.45, 2.75) is 19.6 Å². The van der Waals surface area contributed by atoms with Crippen molar-refractivity contribution in [1.82, 2.24) is 9.78 Å². The number of rotatable bonds is 2. The minimum atomic E-state index is -0.573. The second kappa shape index (κ2) is 3.82. The Hall–Kier alpha value is -1.68. The highest BCUT2D eigenvalue weighted by Gasteiger charge is 2.05. The molecule has 78 valence electrons. The van der Waals surface area contributed by atoms with Gasteiger partial charge in [-0.25, -0.2) is 4.68 Å². The Morgan fingerprint density at radius 1 is 1.47 bits per heavy atom. The van der Waals surface area contributed by atoms with Crippen LogP contribution in [-0.2, 0) is 6.54 Å². The molecule has 1 aromatic carbocycles. The van der Waals surface area contributed by atoms with Crippen LogP contribution < -0.4 is 5.56 Å². The largest absolute Gasteiger partial charge is 0.391 e. The highest BCUT2D eigenvalue weighted by molar-refractivity contribution is 5.80. The normalized spacial score (nSPS) is 12.9. The molecule has 1 atom stereocenters. The summed E-state index contributed by atoms with van der Waals surface area (Å²) >= 11 is 0. The van der Waals surface area contributed by atoms with Crippen LogP contribution in [0.1, 0.15) is 6.92 Å². The number of aliphatic hydroxyl groups excluding tert-OH is 1. The molecule has 0 aliphatic carbocycles. The number of hydrogen-bond acceptors (Lipinski definition) is 3. The van der Waals surface area contributed by atoms with Crippen molar-refractivity contribution in [2.24, 2.45) is 0 Å². The lowest BCUT2D eigenvalue weighted by Gasteiger charge is -2.07. The van der Waals surface area contributed by atoms with Crippen molar-refractivity contribution in [2.75, 3.05) is 0 Å². The van der Waals surface area contributed by atoms with Crippen LogP contribution in [0.4, 0.5) is 0 Å². The summed E-state index contributed by atoms with van der Waals surface area (Å²) in [6.07, 6.45) is 1.07. The Morgan fingerprint density at radius 2 is 2.20 bits per heavy atom. The first-order chi connectivity index (χ1) is 7.18. The lowest BCUT2D eigenvalue weighted by atomic mass is 10.2. The van der Waals surface area contributed by atoms with Crippen molar-refractivity contribution < 1.29 is 5.11 Å². The van der Waals surface area contributed by atoms with Gasteiger partial charge in [0.05, 0.1) is 24.2 Å². The van der Waals surface area contributed by atoms with Gasteiger partial charge in [-0.15, -0.1) is 0 Å². The average Bonchev–Trinajstić information content (AvgIpc) is 2.22. The van der Waals surface area contributed by atoms with Crippen LogP contribution in [0, 0.1) is 0 Å². The van der Waals surface area contributed by atoms with Gasteiger partial charge < -0.3 is 5.11 Å². The van der Waals surface area contributed by atoms with Gasteiger partial charge in [0.2, 0.25) is 0 Å². The molecule has 0 saturated heterocycles. The number of aromatic nitrogens is 2. The van der Waals surface area contributed by atoms with Gasteiger partial charge in [0, 0.05) is 5.39 Å². The molecule has 0 amide bonds. The molecule has 15 heavy (non-hydrogen) atoms. The minimum absolute atomic E-state index is 0.158. The van der Waals surface area contributed by atoms with Gasteiger partial charge in [-0.3, -0.25) is 4.79 Å². The molecule has 0 unspecified atom stereocenters. The molecule has 1 aromatic heterocycles. The molecule has 0 spiro atoms. The third-order valence-corrected chi connectivity index (χ3v) is 2.20. The van der Waals surface area contributed by atoms with E-state index in [2.05, 4.69) is 5.10 Å². The number of benzene rings is 1. The maximum Gasteiger partial charge on any atom is 0.274 e. The van der Waals surface area contributed by atoms with E-state index in [1.54, 1.807) is 19.2 Å². The van der Waals surface area contributed by atoms with Crippen molar-refractivity contribution >= 4 is 10.8 Å². The summed E-state index contributed by atoms with van der Waals surface area (Å²) in [6, 6.07) is 7.28. The fourth-order valence-electron chi connectivity index (χ4n) is 1.51. The first kappa shape index (κ1) is 9.86. The molecule has 0 radical (unpaired) electrons. The summed E-state index contributed by atoms with van der Waals surface area (Å²) in [7, 11) is 0. The standard InChI is InChI=1S/C11H12N2O2/c1-8(14)7-13-11(15)10-5-3-2-4-9(10)6-12-13/h2-6,8,14H,7H2,1H3/t8-/m0/s1. The Labute approximate surface area is 86.8 Å². The number of aliphatic hydroxyl groups is 1. The number of fused-ring (bicyclic) bond motifs is 1. The molecule has 1 heterocycles. The maximum atomic E-state index is 11.9. The zero-order valence-electron chi connectivity index (χ0n) is 8.42. The molecule has 0 bridgehead atoms.